The van der Waals surface area contributed by atoms with Crippen LogP contribution < -0.4 is 15.5 Å². The zero-order chi connectivity index (χ0) is 24.1. The molecule has 3 aromatic rings. The maximum Gasteiger partial charge on any atom is 0.234 e. The van der Waals surface area contributed by atoms with Crippen LogP contribution in [-0.4, -0.2) is 35.0 Å². The maximum absolute atomic E-state index is 13.1. The van der Waals surface area contributed by atoms with E-state index in [9.17, 15) is 23.2 Å². The van der Waals surface area contributed by atoms with Gasteiger partial charge in [0.1, 0.15) is 11.6 Å². The standard InChI is InChI=1S/C23H20F2N4O3S2/c24-15-1-5-17(6-2-15)26-20(30)13-33-11-18-12-34-23(27-18)28-22(32)14-9-21(31)29(10-14)19-7-3-16(25)4-8-19/h1-8,12,14H,9-11,13H2,(H,26,30)(H,27,28,32). The number of hydrogen-bond donors (Lipinski definition) is 2. The van der Waals surface area contributed by atoms with Gasteiger partial charge in [0.25, 0.3) is 0 Å². The molecule has 1 aromatic heterocycles. The van der Waals surface area contributed by atoms with Gasteiger partial charge in [-0.3, -0.25) is 14.4 Å². The van der Waals surface area contributed by atoms with Gasteiger partial charge in [-0.25, -0.2) is 13.8 Å². The van der Waals surface area contributed by atoms with E-state index in [1.807, 2.05) is 0 Å². The summed E-state index contributed by atoms with van der Waals surface area (Å²) in [6.45, 7) is 0.216. The zero-order valence-corrected chi connectivity index (χ0v) is 19.4. The van der Waals surface area contributed by atoms with Crippen LogP contribution in [0, 0.1) is 17.6 Å². The molecule has 4 rings (SSSR count). The molecule has 1 unspecified atom stereocenters. The van der Waals surface area contributed by atoms with Crippen molar-refractivity contribution in [3.05, 3.63) is 71.2 Å². The molecule has 3 amide bonds. The van der Waals surface area contributed by atoms with Crippen molar-refractivity contribution in [1.82, 2.24) is 4.98 Å². The number of nitrogens with one attached hydrogen (secondary N) is 2. The molecule has 2 N–H and O–H groups in total. The molecule has 1 atom stereocenters. The van der Waals surface area contributed by atoms with Crippen molar-refractivity contribution in [3.8, 4) is 0 Å². The van der Waals surface area contributed by atoms with E-state index in [4.69, 9.17) is 0 Å². The van der Waals surface area contributed by atoms with Gasteiger partial charge in [0, 0.05) is 35.5 Å². The van der Waals surface area contributed by atoms with Gasteiger partial charge < -0.3 is 15.5 Å². The highest BCUT2D eigenvalue weighted by atomic mass is 32.2. The van der Waals surface area contributed by atoms with Gasteiger partial charge in [-0.1, -0.05) is 0 Å². The van der Waals surface area contributed by atoms with Crippen molar-refractivity contribution in [2.24, 2.45) is 5.92 Å². The topological polar surface area (TPSA) is 91.4 Å². The summed E-state index contributed by atoms with van der Waals surface area (Å²) in [5, 5.41) is 7.66. The summed E-state index contributed by atoms with van der Waals surface area (Å²) in [7, 11) is 0. The van der Waals surface area contributed by atoms with E-state index in [1.54, 1.807) is 5.38 Å². The molecule has 0 saturated carbocycles. The number of nitrogens with zero attached hydrogens (tertiary/aromatic N) is 2. The maximum atomic E-state index is 13.1. The van der Waals surface area contributed by atoms with E-state index in [1.165, 1.54) is 76.5 Å². The first-order chi connectivity index (χ1) is 16.4. The molecule has 2 heterocycles. The number of thioether (sulfide) groups is 1. The second-order valence-corrected chi connectivity index (χ2v) is 9.41. The molecule has 176 valence electrons. The lowest BCUT2D eigenvalue weighted by atomic mass is 10.1. The molecular weight excluding hydrogens is 482 g/mol. The third kappa shape index (κ3) is 6.17. The van der Waals surface area contributed by atoms with Crippen LogP contribution in [0.3, 0.4) is 0 Å². The number of carbonyl (C=O) groups is 3. The Morgan fingerprint density at radius 1 is 1.06 bits per heavy atom. The average Bonchev–Trinajstić information content (AvgIpc) is 3.42. The minimum Gasteiger partial charge on any atom is -0.325 e. The first-order valence-electron chi connectivity index (χ1n) is 10.3. The lowest BCUT2D eigenvalue weighted by Gasteiger charge is -2.16. The molecule has 0 bridgehead atoms. The van der Waals surface area contributed by atoms with Gasteiger partial charge in [-0.05, 0) is 48.5 Å². The van der Waals surface area contributed by atoms with Gasteiger partial charge in [0.2, 0.25) is 17.7 Å². The van der Waals surface area contributed by atoms with Crippen LogP contribution in [0.2, 0.25) is 0 Å². The van der Waals surface area contributed by atoms with Gasteiger partial charge in [0.15, 0.2) is 5.13 Å². The van der Waals surface area contributed by atoms with E-state index in [-0.39, 0.29) is 42.3 Å². The number of amides is 3. The molecule has 1 aliphatic heterocycles. The zero-order valence-electron chi connectivity index (χ0n) is 17.8. The Morgan fingerprint density at radius 3 is 2.44 bits per heavy atom. The average molecular weight is 503 g/mol. The number of rotatable bonds is 8. The number of anilines is 3. The van der Waals surface area contributed by atoms with E-state index in [0.29, 0.717) is 22.3 Å². The first-order valence-corrected chi connectivity index (χ1v) is 12.3. The third-order valence-corrected chi connectivity index (χ3v) is 6.80. The molecule has 11 heteroatoms. The SMILES string of the molecule is O=C(CSCc1csc(NC(=O)C2CC(=O)N(c3ccc(F)cc3)C2)n1)Nc1ccc(F)cc1. The molecule has 7 nitrogen and oxygen atoms in total. The first kappa shape index (κ1) is 23.8. The Labute approximate surface area is 202 Å². The minimum absolute atomic E-state index is 0.0699. The number of benzene rings is 2. The third-order valence-electron chi connectivity index (χ3n) is 5.03. The summed E-state index contributed by atoms with van der Waals surface area (Å²) in [6.07, 6.45) is 0.0699. The summed E-state index contributed by atoms with van der Waals surface area (Å²) in [5.74, 6) is -1.33. The normalized spacial score (nSPS) is 15.4. The Hall–Kier alpha value is -3.31. The van der Waals surface area contributed by atoms with Crippen molar-refractivity contribution >= 4 is 57.3 Å². The van der Waals surface area contributed by atoms with E-state index in [0.717, 1.165) is 5.69 Å². The van der Waals surface area contributed by atoms with Crippen LogP contribution in [0.25, 0.3) is 0 Å². The molecule has 0 radical (unpaired) electrons. The van der Waals surface area contributed by atoms with Gasteiger partial charge in [-0.2, -0.15) is 0 Å². The summed E-state index contributed by atoms with van der Waals surface area (Å²) in [6, 6.07) is 11.1. The van der Waals surface area contributed by atoms with E-state index < -0.39 is 11.7 Å². The fourth-order valence-electron chi connectivity index (χ4n) is 3.37. The van der Waals surface area contributed by atoms with Crippen LogP contribution in [0.4, 0.5) is 25.3 Å². The summed E-state index contributed by atoms with van der Waals surface area (Å²) in [5.41, 5.74) is 1.79. The Kier molecular flexibility index (Phi) is 7.53. The number of aromatic nitrogens is 1. The predicted molar refractivity (Wildman–Crippen MR) is 129 cm³/mol. The van der Waals surface area contributed by atoms with Crippen molar-refractivity contribution < 1.29 is 23.2 Å². The van der Waals surface area contributed by atoms with Crippen molar-refractivity contribution in [2.75, 3.05) is 27.8 Å². The molecule has 1 saturated heterocycles. The van der Waals surface area contributed by atoms with Crippen LogP contribution >= 0.6 is 23.1 Å². The number of thiazole rings is 1. The highest BCUT2D eigenvalue weighted by molar-refractivity contribution is 7.99. The second kappa shape index (κ2) is 10.7. The van der Waals surface area contributed by atoms with E-state index in [2.05, 4.69) is 15.6 Å². The molecular formula is C23H20F2N4O3S2. The fourth-order valence-corrected chi connectivity index (χ4v) is 4.91. The molecule has 1 fully saturated rings. The van der Waals surface area contributed by atoms with E-state index >= 15 is 0 Å². The largest absolute Gasteiger partial charge is 0.325 e. The highest BCUT2D eigenvalue weighted by Crippen LogP contribution is 2.27. The quantitative estimate of drug-likeness (QED) is 0.480. The summed E-state index contributed by atoms with van der Waals surface area (Å²) >= 11 is 2.63. The molecule has 1 aliphatic rings. The summed E-state index contributed by atoms with van der Waals surface area (Å²) < 4.78 is 26.1. The minimum atomic E-state index is -0.533. The Balaban J connectivity index is 1.23. The number of hydrogen-bond acceptors (Lipinski definition) is 6. The lowest BCUT2D eigenvalue weighted by molar-refractivity contribution is -0.122. The molecule has 2 aromatic carbocycles. The monoisotopic (exact) mass is 502 g/mol. The van der Waals surface area contributed by atoms with Crippen LogP contribution in [0.1, 0.15) is 12.1 Å². The number of carbonyl (C=O) groups excluding carboxylic acids is 3. The van der Waals surface area contributed by atoms with Crippen molar-refractivity contribution in [2.45, 2.75) is 12.2 Å². The smallest absolute Gasteiger partial charge is 0.234 e. The summed E-state index contributed by atoms with van der Waals surface area (Å²) in [4.78, 5) is 42.8. The van der Waals surface area contributed by atoms with Gasteiger partial charge >= 0.3 is 0 Å². The lowest BCUT2D eigenvalue weighted by Crippen LogP contribution is -2.28. The van der Waals surface area contributed by atoms with Crippen molar-refractivity contribution in [1.29, 1.82) is 0 Å². The van der Waals surface area contributed by atoms with Gasteiger partial charge in [0.05, 0.1) is 17.4 Å². The van der Waals surface area contributed by atoms with Crippen LogP contribution in [0.15, 0.2) is 53.9 Å². The van der Waals surface area contributed by atoms with Crippen molar-refractivity contribution in [3.63, 3.8) is 0 Å². The number of halogens is 2. The predicted octanol–water partition coefficient (Wildman–Crippen LogP) is 4.28. The highest BCUT2D eigenvalue weighted by Gasteiger charge is 2.35. The Morgan fingerprint density at radius 2 is 1.74 bits per heavy atom. The molecule has 0 spiro atoms. The van der Waals surface area contributed by atoms with Crippen LogP contribution in [0.5, 0.6) is 0 Å². The molecule has 34 heavy (non-hydrogen) atoms. The second-order valence-electron chi connectivity index (χ2n) is 7.56. The fraction of sp³-hybridized carbons (Fsp3) is 0.217. The Bertz CT molecular complexity index is 1190. The van der Waals surface area contributed by atoms with Gasteiger partial charge in [-0.15, -0.1) is 23.1 Å². The van der Waals surface area contributed by atoms with Crippen LogP contribution in [-0.2, 0) is 20.1 Å². The molecule has 0 aliphatic carbocycles.